The van der Waals surface area contributed by atoms with Gasteiger partial charge >= 0.3 is 0 Å². The largest absolute Gasteiger partial charge is 0.321 e. The van der Waals surface area contributed by atoms with Gasteiger partial charge in [-0.15, -0.1) is 0 Å². The van der Waals surface area contributed by atoms with Crippen LogP contribution >= 0.6 is 0 Å². The fourth-order valence-corrected chi connectivity index (χ4v) is 2.65. The zero-order valence-corrected chi connectivity index (χ0v) is 11.9. The van der Waals surface area contributed by atoms with Crippen LogP contribution in [-0.2, 0) is 12.0 Å². The fraction of sp³-hybridized carbons (Fsp3) is 0.167. The summed E-state index contributed by atoms with van der Waals surface area (Å²) in [5.74, 6) is -0.260. The number of hydrogen-bond donors (Lipinski definition) is 1. The van der Waals surface area contributed by atoms with Gasteiger partial charge in [0.05, 0.1) is 5.52 Å². The highest BCUT2D eigenvalue weighted by molar-refractivity contribution is 5.81. The lowest BCUT2D eigenvalue weighted by atomic mass is 9.85. The van der Waals surface area contributed by atoms with Crippen molar-refractivity contribution in [1.29, 1.82) is 0 Å². The summed E-state index contributed by atoms with van der Waals surface area (Å²) in [5.41, 5.74) is 8.67. The molecule has 0 bridgehead atoms. The summed E-state index contributed by atoms with van der Waals surface area (Å²) in [6.45, 7) is 1.93. The van der Waals surface area contributed by atoms with E-state index in [4.69, 9.17) is 5.73 Å². The Bertz CT molecular complexity index is 776. The molecule has 3 aromatic rings. The standard InChI is InChI=1S/C18H17FN2/c1-18(20,14-5-4-6-15(19)11-14)12-13-9-10-21-17-8-3-2-7-16(13)17/h2-11H,12,20H2,1H3. The number of fused-ring (bicyclic) bond motifs is 1. The Hall–Kier alpha value is -2.26. The third-order valence-corrected chi connectivity index (χ3v) is 3.78. The molecule has 106 valence electrons. The Labute approximate surface area is 123 Å². The lowest BCUT2D eigenvalue weighted by Gasteiger charge is -2.26. The first-order chi connectivity index (χ1) is 10.1. The summed E-state index contributed by atoms with van der Waals surface area (Å²) in [7, 11) is 0. The maximum Gasteiger partial charge on any atom is 0.123 e. The van der Waals surface area contributed by atoms with Crippen LogP contribution in [-0.4, -0.2) is 4.98 Å². The third-order valence-electron chi connectivity index (χ3n) is 3.78. The molecule has 0 saturated carbocycles. The van der Waals surface area contributed by atoms with Crippen molar-refractivity contribution in [2.75, 3.05) is 0 Å². The van der Waals surface area contributed by atoms with Crippen molar-refractivity contribution >= 4 is 10.9 Å². The Morgan fingerprint density at radius 3 is 2.71 bits per heavy atom. The smallest absolute Gasteiger partial charge is 0.123 e. The minimum absolute atomic E-state index is 0.260. The van der Waals surface area contributed by atoms with E-state index in [9.17, 15) is 4.39 Å². The highest BCUT2D eigenvalue weighted by Gasteiger charge is 2.23. The van der Waals surface area contributed by atoms with Gasteiger partial charge in [-0.25, -0.2) is 4.39 Å². The second kappa shape index (κ2) is 5.26. The first kappa shape index (κ1) is 13.7. The molecule has 1 aromatic heterocycles. The molecule has 3 rings (SSSR count). The fourth-order valence-electron chi connectivity index (χ4n) is 2.65. The van der Waals surface area contributed by atoms with Crippen molar-refractivity contribution in [2.24, 2.45) is 5.73 Å². The quantitative estimate of drug-likeness (QED) is 0.792. The van der Waals surface area contributed by atoms with Gasteiger partial charge in [-0.05, 0) is 48.7 Å². The predicted molar refractivity (Wildman–Crippen MR) is 83.4 cm³/mol. The minimum atomic E-state index is -0.633. The van der Waals surface area contributed by atoms with E-state index in [0.717, 1.165) is 22.0 Å². The van der Waals surface area contributed by atoms with Crippen LogP contribution < -0.4 is 5.73 Å². The molecule has 0 aliphatic rings. The van der Waals surface area contributed by atoms with Crippen LogP contribution in [0, 0.1) is 5.82 Å². The zero-order valence-electron chi connectivity index (χ0n) is 11.9. The van der Waals surface area contributed by atoms with Gasteiger partial charge in [-0.2, -0.15) is 0 Å². The second-order valence-corrected chi connectivity index (χ2v) is 5.59. The molecule has 0 fully saturated rings. The lowest BCUT2D eigenvalue weighted by Crippen LogP contribution is -2.35. The third kappa shape index (κ3) is 2.78. The minimum Gasteiger partial charge on any atom is -0.321 e. The van der Waals surface area contributed by atoms with Gasteiger partial charge in [0.2, 0.25) is 0 Å². The topological polar surface area (TPSA) is 38.9 Å². The summed E-state index contributed by atoms with van der Waals surface area (Å²) in [4.78, 5) is 4.36. The number of hydrogen-bond acceptors (Lipinski definition) is 2. The maximum atomic E-state index is 13.4. The Balaban J connectivity index is 2.01. The van der Waals surface area contributed by atoms with E-state index in [1.54, 1.807) is 12.3 Å². The summed E-state index contributed by atoms with van der Waals surface area (Å²) in [6, 6.07) is 16.5. The van der Waals surface area contributed by atoms with Crippen LogP contribution in [0.25, 0.3) is 10.9 Å². The second-order valence-electron chi connectivity index (χ2n) is 5.59. The number of nitrogens with zero attached hydrogens (tertiary/aromatic N) is 1. The monoisotopic (exact) mass is 280 g/mol. The molecule has 0 spiro atoms. The van der Waals surface area contributed by atoms with Crippen LogP contribution in [0.5, 0.6) is 0 Å². The van der Waals surface area contributed by atoms with Crippen LogP contribution in [0.3, 0.4) is 0 Å². The van der Waals surface area contributed by atoms with Crippen LogP contribution in [0.1, 0.15) is 18.1 Å². The molecule has 21 heavy (non-hydrogen) atoms. The SMILES string of the molecule is CC(N)(Cc1ccnc2ccccc12)c1cccc(F)c1. The Kier molecular flexibility index (Phi) is 3.43. The number of nitrogens with two attached hydrogens (primary N) is 1. The lowest BCUT2D eigenvalue weighted by molar-refractivity contribution is 0.488. The number of para-hydroxylation sites is 1. The number of halogens is 1. The van der Waals surface area contributed by atoms with E-state index in [0.29, 0.717) is 6.42 Å². The molecule has 2 N–H and O–H groups in total. The van der Waals surface area contributed by atoms with E-state index in [-0.39, 0.29) is 5.82 Å². The van der Waals surface area contributed by atoms with Gasteiger partial charge in [0, 0.05) is 17.1 Å². The number of rotatable bonds is 3. The van der Waals surface area contributed by atoms with Gasteiger partial charge in [0.25, 0.3) is 0 Å². The van der Waals surface area contributed by atoms with E-state index >= 15 is 0 Å². The Morgan fingerprint density at radius 1 is 1.10 bits per heavy atom. The number of benzene rings is 2. The molecule has 2 aromatic carbocycles. The Morgan fingerprint density at radius 2 is 1.90 bits per heavy atom. The van der Waals surface area contributed by atoms with Crippen molar-refractivity contribution in [1.82, 2.24) is 4.98 Å². The molecule has 1 unspecified atom stereocenters. The van der Waals surface area contributed by atoms with E-state index in [1.165, 1.54) is 12.1 Å². The van der Waals surface area contributed by atoms with Crippen LogP contribution in [0.2, 0.25) is 0 Å². The molecule has 0 amide bonds. The van der Waals surface area contributed by atoms with Gasteiger partial charge in [0.15, 0.2) is 0 Å². The highest BCUT2D eigenvalue weighted by atomic mass is 19.1. The highest BCUT2D eigenvalue weighted by Crippen LogP contribution is 2.26. The average Bonchev–Trinajstić information content (AvgIpc) is 2.47. The first-order valence-corrected chi connectivity index (χ1v) is 6.94. The maximum absolute atomic E-state index is 13.4. The van der Waals surface area contributed by atoms with Crippen LogP contribution in [0.4, 0.5) is 4.39 Å². The first-order valence-electron chi connectivity index (χ1n) is 6.94. The van der Waals surface area contributed by atoms with Gasteiger partial charge < -0.3 is 5.73 Å². The number of aromatic nitrogens is 1. The predicted octanol–water partition coefficient (Wildman–Crippen LogP) is 3.79. The zero-order chi connectivity index (χ0) is 14.9. The van der Waals surface area contributed by atoms with Crippen molar-refractivity contribution in [2.45, 2.75) is 18.9 Å². The van der Waals surface area contributed by atoms with Gasteiger partial charge in [0.1, 0.15) is 5.82 Å². The molecule has 3 heteroatoms. The molecule has 2 nitrogen and oxygen atoms in total. The van der Waals surface area contributed by atoms with Crippen molar-refractivity contribution in [3.63, 3.8) is 0 Å². The van der Waals surface area contributed by atoms with E-state index in [2.05, 4.69) is 4.98 Å². The van der Waals surface area contributed by atoms with Gasteiger partial charge in [-0.3, -0.25) is 4.98 Å². The molecule has 0 radical (unpaired) electrons. The molecular weight excluding hydrogens is 263 g/mol. The van der Waals surface area contributed by atoms with Crippen LogP contribution in [0.15, 0.2) is 60.8 Å². The summed E-state index contributed by atoms with van der Waals surface area (Å²) < 4.78 is 13.4. The molecule has 1 atom stereocenters. The summed E-state index contributed by atoms with van der Waals surface area (Å²) in [5, 5.41) is 1.09. The summed E-state index contributed by atoms with van der Waals surface area (Å²) >= 11 is 0. The number of pyridine rings is 1. The molecule has 0 aliphatic heterocycles. The van der Waals surface area contributed by atoms with Gasteiger partial charge in [-0.1, -0.05) is 30.3 Å². The van der Waals surface area contributed by atoms with Crippen molar-refractivity contribution in [3.05, 3.63) is 77.7 Å². The molecule has 1 heterocycles. The van der Waals surface area contributed by atoms with Crippen molar-refractivity contribution < 1.29 is 4.39 Å². The molecule has 0 saturated heterocycles. The normalized spacial score (nSPS) is 14.0. The summed E-state index contributed by atoms with van der Waals surface area (Å²) in [6.07, 6.45) is 2.42. The van der Waals surface area contributed by atoms with Crippen molar-refractivity contribution in [3.8, 4) is 0 Å². The average molecular weight is 280 g/mol. The molecular formula is C18H17FN2. The van der Waals surface area contributed by atoms with E-state index in [1.807, 2.05) is 43.3 Å². The van der Waals surface area contributed by atoms with E-state index < -0.39 is 5.54 Å². The molecule has 0 aliphatic carbocycles.